The van der Waals surface area contributed by atoms with Gasteiger partial charge in [-0.2, -0.15) is 5.10 Å². The quantitative estimate of drug-likeness (QED) is 0.714. The molecule has 1 aliphatic heterocycles. The van der Waals surface area contributed by atoms with Gasteiger partial charge in [0.25, 0.3) is 0 Å². The van der Waals surface area contributed by atoms with Gasteiger partial charge in [0.15, 0.2) is 6.10 Å². The first-order valence-corrected chi connectivity index (χ1v) is 8.74. The summed E-state index contributed by atoms with van der Waals surface area (Å²) in [6.07, 6.45) is 2.85. The van der Waals surface area contributed by atoms with Gasteiger partial charge in [0.1, 0.15) is 5.82 Å². The van der Waals surface area contributed by atoms with E-state index in [-0.39, 0.29) is 0 Å². The summed E-state index contributed by atoms with van der Waals surface area (Å²) < 4.78 is 5.42. The van der Waals surface area contributed by atoms with Gasteiger partial charge in [-0.25, -0.2) is 4.98 Å². The Balaban J connectivity index is 1.88. The Kier molecular flexibility index (Phi) is 4.44. The highest BCUT2D eigenvalue weighted by atomic mass is 35.5. The Bertz CT molecular complexity index is 977. The number of aromatic amines is 1. The third-order valence-electron chi connectivity index (χ3n) is 4.38. The summed E-state index contributed by atoms with van der Waals surface area (Å²) in [5.41, 5.74) is 7.80. The lowest BCUT2D eigenvalue weighted by atomic mass is 10.0. The lowest BCUT2D eigenvalue weighted by molar-refractivity contribution is -0.130. The maximum atomic E-state index is 11.5. The average molecular weight is 392 g/mol. The van der Waals surface area contributed by atoms with E-state index in [0.717, 1.165) is 16.5 Å². The molecule has 0 bridgehead atoms. The minimum absolute atomic E-state index is 0.330. The minimum atomic E-state index is -0.673. The number of nitrogens with two attached hydrogens (primary N) is 1. The van der Waals surface area contributed by atoms with Crippen molar-refractivity contribution in [2.45, 2.75) is 6.10 Å². The van der Waals surface area contributed by atoms with Crippen molar-refractivity contribution >= 4 is 45.8 Å². The van der Waals surface area contributed by atoms with Crippen LogP contribution in [0.15, 0.2) is 30.6 Å². The molecule has 1 unspecified atom stereocenters. The number of amides is 1. The summed E-state index contributed by atoms with van der Waals surface area (Å²) >= 11 is 12.6. The van der Waals surface area contributed by atoms with Crippen molar-refractivity contribution in [3.8, 4) is 11.1 Å². The monoisotopic (exact) mass is 391 g/mol. The molecular weight excluding hydrogens is 377 g/mol. The number of fused-ring (bicyclic) bond motifs is 1. The molecule has 1 amide bonds. The fourth-order valence-corrected chi connectivity index (χ4v) is 3.41. The van der Waals surface area contributed by atoms with Crippen LogP contribution in [-0.4, -0.2) is 46.9 Å². The van der Waals surface area contributed by atoms with Crippen molar-refractivity contribution in [3.63, 3.8) is 0 Å². The number of carbonyl (C=O) groups excluding carboxylic acids is 1. The van der Waals surface area contributed by atoms with E-state index in [1.165, 1.54) is 0 Å². The predicted molar refractivity (Wildman–Crippen MR) is 100 cm³/mol. The Labute approximate surface area is 159 Å². The molecule has 7 nitrogen and oxygen atoms in total. The smallest absolute Gasteiger partial charge is 0.248 e. The average Bonchev–Trinajstić information content (AvgIpc) is 3.18. The SMILES string of the molecule is NC(=O)C1CN(c2cc(-c3cn[nH]c3)c3ccc(Cl)c(Cl)c3n2)CCO1. The summed E-state index contributed by atoms with van der Waals surface area (Å²) in [5, 5.41) is 8.52. The molecule has 1 fully saturated rings. The number of hydrogen-bond acceptors (Lipinski definition) is 5. The summed E-state index contributed by atoms with van der Waals surface area (Å²) in [6.45, 7) is 1.31. The second kappa shape index (κ2) is 6.75. The number of nitrogens with zero attached hydrogens (tertiary/aromatic N) is 3. The Morgan fingerprint density at radius 2 is 2.23 bits per heavy atom. The van der Waals surface area contributed by atoms with Crippen LogP contribution in [0.5, 0.6) is 0 Å². The van der Waals surface area contributed by atoms with E-state index in [1.54, 1.807) is 18.5 Å². The van der Waals surface area contributed by atoms with E-state index in [0.29, 0.717) is 41.1 Å². The van der Waals surface area contributed by atoms with Crippen LogP contribution in [0.25, 0.3) is 22.0 Å². The van der Waals surface area contributed by atoms with Crippen molar-refractivity contribution in [1.29, 1.82) is 0 Å². The first-order valence-electron chi connectivity index (χ1n) is 7.98. The fraction of sp³-hybridized carbons (Fsp3) is 0.235. The normalized spacial score (nSPS) is 17.6. The number of H-pyrrole nitrogens is 1. The fourth-order valence-electron chi connectivity index (χ4n) is 3.05. The molecule has 0 radical (unpaired) electrons. The summed E-state index contributed by atoms with van der Waals surface area (Å²) in [5.74, 6) is 0.180. The highest BCUT2D eigenvalue weighted by Gasteiger charge is 2.26. The third-order valence-corrected chi connectivity index (χ3v) is 5.17. The molecule has 1 atom stereocenters. The molecule has 3 aromatic rings. The summed E-state index contributed by atoms with van der Waals surface area (Å²) in [7, 11) is 0. The van der Waals surface area contributed by atoms with Gasteiger partial charge < -0.3 is 15.4 Å². The van der Waals surface area contributed by atoms with Crippen LogP contribution in [0.3, 0.4) is 0 Å². The van der Waals surface area contributed by atoms with Gasteiger partial charge in [0, 0.05) is 23.7 Å². The zero-order chi connectivity index (χ0) is 18.3. The van der Waals surface area contributed by atoms with E-state index in [9.17, 15) is 4.79 Å². The van der Waals surface area contributed by atoms with Crippen LogP contribution in [0.1, 0.15) is 0 Å². The van der Waals surface area contributed by atoms with Gasteiger partial charge in [-0.15, -0.1) is 0 Å². The van der Waals surface area contributed by atoms with E-state index in [4.69, 9.17) is 38.7 Å². The molecule has 26 heavy (non-hydrogen) atoms. The van der Waals surface area contributed by atoms with Gasteiger partial charge in [-0.05, 0) is 17.7 Å². The van der Waals surface area contributed by atoms with Gasteiger partial charge in [0.05, 0.1) is 34.9 Å². The number of rotatable bonds is 3. The zero-order valence-corrected chi connectivity index (χ0v) is 15.1. The topological polar surface area (TPSA) is 97.1 Å². The molecule has 0 saturated carbocycles. The number of aromatic nitrogens is 3. The second-order valence-electron chi connectivity index (χ2n) is 5.98. The standard InChI is InChI=1S/C17H15Cl2N5O2/c18-12-2-1-10-11(9-6-21-22-7-9)5-14(23-16(10)15(12)19)24-3-4-26-13(8-24)17(20)25/h1-2,5-7,13H,3-4,8H2,(H2,20,25)(H,21,22). The van der Waals surface area contributed by atoms with Crippen molar-refractivity contribution in [3.05, 3.63) is 40.6 Å². The molecule has 3 N–H and O–H groups in total. The molecule has 1 saturated heterocycles. The van der Waals surface area contributed by atoms with E-state index >= 15 is 0 Å². The van der Waals surface area contributed by atoms with Gasteiger partial charge >= 0.3 is 0 Å². The molecule has 2 aromatic heterocycles. The molecular formula is C17H15Cl2N5O2. The number of halogens is 2. The number of pyridine rings is 1. The largest absolute Gasteiger partial charge is 0.367 e. The van der Waals surface area contributed by atoms with Crippen LogP contribution < -0.4 is 10.6 Å². The van der Waals surface area contributed by atoms with E-state index < -0.39 is 12.0 Å². The van der Waals surface area contributed by atoms with Crippen molar-refractivity contribution in [2.75, 3.05) is 24.6 Å². The molecule has 4 rings (SSSR count). The Morgan fingerprint density at radius 1 is 1.38 bits per heavy atom. The highest BCUT2D eigenvalue weighted by molar-refractivity contribution is 6.45. The molecule has 3 heterocycles. The first kappa shape index (κ1) is 17.1. The van der Waals surface area contributed by atoms with Crippen molar-refractivity contribution < 1.29 is 9.53 Å². The molecule has 134 valence electrons. The van der Waals surface area contributed by atoms with E-state index in [2.05, 4.69) is 10.2 Å². The van der Waals surface area contributed by atoms with Crippen LogP contribution in [0.2, 0.25) is 10.0 Å². The lowest BCUT2D eigenvalue weighted by Gasteiger charge is -2.32. The van der Waals surface area contributed by atoms with Crippen LogP contribution >= 0.6 is 23.2 Å². The molecule has 1 aliphatic rings. The number of nitrogens with one attached hydrogen (secondary N) is 1. The number of anilines is 1. The summed E-state index contributed by atoms with van der Waals surface area (Å²) in [4.78, 5) is 18.1. The van der Waals surface area contributed by atoms with Crippen molar-refractivity contribution in [1.82, 2.24) is 15.2 Å². The zero-order valence-electron chi connectivity index (χ0n) is 13.6. The maximum Gasteiger partial charge on any atom is 0.248 e. The maximum absolute atomic E-state index is 11.5. The third kappa shape index (κ3) is 2.98. The minimum Gasteiger partial charge on any atom is -0.367 e. The first-order chi connectivity index (χ1) is 12.5. The molecule has 9 heteroatoms. The number of hydrogen-bond donors (Lipinski definition) is 2. The summed E-state index contributed by atoms with van der Waals surface area (Å²) in [6, 6.07) is 5.57. The number of morpholine rings is 1. The highest BCUT2D eigenvalue weighted by Crippen LogP contribution is 2.37. The Morgan fingerprint density at radius 3 is 2.96 bits per heavy atom. The van der Waals surface area contributed by atoms with Gasteiger partial charge in [-0.1, -0.05) is 29.3 Å². The lowest BCUT2D eigenvalue weighted by Crippen LogP contribution is -2.48. The number of benzene rings is 1. The number of carbonyl (C=O) groups is 1. The Hall–Kier alpha value is -2.35. The number of ether oxygens (including phenoxy) is 1. The molecule has 1 aromatic carbocycles. The van der Waals surface area contributed by atoms with E-state index in [1.807, 2.05) is 17.0 Å². The molecule has 0 aliphatic carbocycles. The van der Waals surface area contributed by atoms with Gasteiger partial charge in [-0.3, -0.25) is 9.89 Å². The predicted octanol–water partition coefficient (Wildman–Crippen LogP) is 2.62. The second-order valence-corrected chi connectivity index (χ2v) is 6.77. The van der Waals surface area contributed by atoms with Crippen LogP contribution in [-0.2, 0) is 9.53 Å². The van der Waals surface area contributed by atoms with Gasteiger partial charge in [0.2, 0.25) is 5.91 Å². The van der Waals surface area contributed by atoms with Crippen molar-refractivity contribution in [2.24, 2.45) is 5.73 Å². The van der Waals surface area contributed by atoms with Crippen LogP contribution in [0.4, 0.5) is 5.82 Å². The molecule has 0 spiro atoms. The number of primary amides is 1. The van der Waals surface area contributed by atoms with Crippen LogP contribution in [0, 0.1) is 0 Å².